The van der Waals surface area contributed by atoms with E-state index in [-0.39, 0.29) is 25.4 Å². The first kappa shape index (κ1) is 14.9. The average molecular weight is 288 g/mol. The van der Waals surface area contributed by atoms with Crippen molar-refractivity contribution >= 4 is 11.9 Å². The second-order valence-corrected chi connectivity index (χ2v) is 4.99. The molecule has 1 saturated heterocycles. The van der Waals surface area contributed by atoms with Crippen molar-refractivity contribution in [3.8, 4) is 11.8 Å². The molecular weight excluding hydrogens is 272 g/mol. The fourth-order valence-electron chi connectivity index (χ4n) is 2.45. The molecule has 1 aromatic rings. The minimum atomic E-state index is -0.884. The number of nitrogens with zero attached hydrogens (tertiary/aromatic N) is 2. The quantitative estimate of drug-likeness (QED) is 0.904. The summed E-state index contributed by atoms with van der Waals surface area (Å²) in [6.45, 7) is 0.440. The number of ether oxygens (including phenoxy) is 1. The number of amides is 1. The van der Waals surface area contributed by atoms with Gasteiger partial charge in [0.25, 0.3) is 0 Å². The minimum Gasteiger partial charge on any atom is -0.496 e. The highest BCUT2D eigenvalue weighted by atomic mass is 16.5. The van der Waals surface area contributed by atoms with Crippen LogP contribution in [-0.4, -0.2) is 35.5 Å². The predicted molar refractivity (Wildman–Crippen MR) is 73.5 cm³/mol. The summed E-state index contributed by atoms with van der Waals surface area (Å²) in [6.07, 6.45) is 0.608. The molecule has 0 saturated carbocycles. The number of piperidine rings is 1. The molecule has 0 radical (unpaired) electrons. The lowest BCUT2D eigenvalue weighted by Crippen LogP contribution is -2.42. The summed E-state index contributed by atoms with van der Waals surface area (Å²) >= 11 is 0. The maximum atomic E-state index is 11.9. The molecule has 0 spiro atoms. The second-order valence-electron chi connectivity index (χ2n) is 4.99. The number of carboxylic acids is 1. The zero-order chi connectivity index (χ0) is 15.4. The lowest BCUT2D eigenvalue weighted by atomic mass is 9.97. The molecule has 0 aromatic heterocycles. The van der Waals surface area contributed by atoms with E-state index < -0.39 is 11.9 Å². The molecule has 1 heterocycles. The molecule has 0 bridgehead atoms. The average Bonchev–Trinajstić information content (AvgIpc) is 2.49. The highest BCUT2D eigenvalue weighted by Crippen LogP contribution is 2.25. The Hall–Kier alpha value is -2.55. The van der Waals surface area contributed by atoms with Gasteiger partial charge in [0.15, 0.2) is 0 Å². The van der Waals surface area contributed by atoms with Crippen LogP contribution in [-0.2, 0) is 16.1 Å². The van der Waals surface area contributed by atoms with Crippen molar-refractivity contribution in [2.75, 3.05) is 13.7 Å². The maximum Gasteiger partial charge on any atom is 0.308 e. The maximum absolute atomic E-state index is 11.9. The Kier molecular flexibility index (Phi) is 4.43. The van der Waals surface area contributed by atoms with Gasteiger partial charge in [-0.3, -0.25) is 9.59 Å². The number of methoxy groups -OCH3 is 1. The van der Waals surface area contributed by atoms with Crippen LogP contribution < -0.4 is 4.74 Å². The number of rotatable bonds is 4. The van der Waals surface area contributed by atoms with Gasteiger partial charge in [-0.05, 0) is 24.6 Å². The fourth-order valence-corrected chi connectivity index (χ4v) is 2.45. The van der Waals surface area contributed by atoms with Crippen LogP contribution in [0.4, 0.5) is 0 Å². The van der Waals surface area contributed by atoms with Crippen LogP contribution in [0.5, 0.6) is 5.75 Å². The Morgan fingerprint density at radius 2 is 2.33 bits per heavy atom. The third-order valence-electron chi connectivity index (χ3n) is 3.62. The number of likely N-dealkylation sites (tertiary alicyclic amines) is 1. The van der Waals surface area contributed by atoms with Crippen molar-refractivity contribution in [3.05, 3.63) is 29.3 Å². The van der Waals surface area contributed by atoms with Crippen LogP contribution >= 0.6 is 0 Å². The SMILES string of the molecule is COc1ccc(C#N)cc1CN1CC(C(=O)O)CCC1=O. The first-order valence-electron chi connectivity index (χ1n) is 6.62. The smallest absolute Gasteiger partial charge is 0.308 e. The molecule has 1 aliphatic rings. The normalized spacial score (nSPS) is 18.2. The van der Waals surface area contributed by atoms with Crippen LogP contribution in [0.25, 0.3) is 0 Å². The molecule has 21 heavy (non-hydrogen) atoms. The zero-order valence-electron chi connectivity index (χ0n) is 11.7. The Bertz CT molecular complexity index is 606. The van der Waals surface area contributed by atoms with Crippen LogP contribution in [0, 0.1) is 17.2 Å². The molecule has 2 rings (SSSR count). The van der Waals surface area contributed by atoms with Gasteiger partial charge < -0.3 is 14.7 Å². The van der Waals surface area contributed by atoms with Crippen molar-refractivity contribution in [2.24, 2.45) is 5.92 Å². The third kappa shape index (κ3) is 3.31. The summed E-state index contributed by atoms with van der Waals surface area (Å²) in [4.78, 5) is 24.5. The lowest BCUT2D eigenvalue weighted by molar-refractivity contribution is -0.147. The Morgan fingerprint density at radius 3 is 2.95 bits per heavy atom. The number of aliphatic carboxylic acids is 1. The number of benzene rings is 1. The largest absolute Gasteiger partial charge is 0.496 e. The Balaban J connectivity index is 2.21. The standard InChI is InChI=1S/C15H16N2O4/c1-21-13-4-2-10(7-16)6-12(13)9-17-8-11(15(19)20)3-5-14(17)18/h2,4,6,11H,3,5,8-9H2,1H3,(H,19,20). The number of nitriles is 1. The van der Waals surface area contributed by atoms with Gasteiger partial charge in [0, 0.05) is 25.1 Å². The summed E-state index contributed by atoms with van der Waals surface area (Å²) in [6, 6.07) is 7.02. The van der Waals surface area contributed by atoms with Crippen molar-refractivity contribution < 1.29 is 19.4 Å². The summed E-state index contributed by atoms with van der Waals surface area (Å²) in [5.74, 6) is -0.908. The van der Waals surface area contributed by atoms with Gasteiger partial charge in [-0.2, -0.15) is 5.26 Å². The van der Waals surface area contributed by atoms with E-state index in [4.69, 9.17) is 15.1 Å². The summed E-state index contributed by atoms with van der Waals surface area (Å²) < 4.78 is 5.23. The molecule has 6 nitrogen and oxygen atoms in total. The van der Waals surface area contributed by atoms with E-state index in [0.717, 1.165) is 0 Å². The highest BCUT2D eigenvalue weighted by molar-refractivity contribution is 5.80. The zero-order valence-corrected chi connectivity index (χ0v) is 11.7. The minimum absolute atomic E-state index is 0.0723. The van der Waals surface area contributed by atoms with Crippen LogP contribution in [0.1, 0.15) is 24.0 Å². The van der Waals surface area contributed by atoms with Gasteiger partial charge in [0.2, 0.25) is 5.91 Å². The molecule has 1 aliphatic heterocycles. The first-order chi connectivity index (χ1) is 10.0. The molecule has 0 aliphatic carbocycles. The van der Waals surface area contributed by atoms with Crippen molar-refractivity contribution in [3.63, 3.8) is 0 Å². The van der Waals surface area contributed by atoms with Crippen LogP contribution in [0.3, 0.4) is 0 Å². The Labute approximate surface area is 122 Å². The molecule has 1 atom stereocenters. The van der Waals surface area contributed by atoms with Gasteiger partial charge in [-0.15, -0.1) is 0 Å². The van der Waals surface area contributed by atoms with Gasteiger partial charge in [0.05, 0.1) is 24.7 Å². The number of hydrogen-bond donors (Lipinski definition) is 1. The fraction of sp³-hybridized carbons (Fsp3) is 0.400. The molecule has 1 N–H and O–H groups in total. The van der Waals surface area contributed by atoms with E-state index in [1.807, 2.05) is 6.07 Å². The molecule has 1 aromatic carbocycles. The summed E-state index contributed by atoms with van der Waals surface area (Å²) in [7, 11) is 1.52. The van der Waals surface area contributed by atoms with E-state index in [1.165, 1.54) is 12.0 Å². The van der Waals surface area contributed by atoms with Crippen LogP contribution in [0.15, 0.2) is 18.2 Å². The first-order valence-corrected chi connectivity index (χ1v) is 6.62. The molecule has 6 heteroatoms. The topological polar surface area (TPSA) is 90.6 Å². The van der Waals surface area contributed by atoms with E-state index in [2.05, 4.69) is 0 Å². The lowest BCUT2D eigenvalue weighted by Gasteiger charge is -2.31. The van der Waals surface area contributed by atoms with E-state index in [9.17, 15) is 9.59 Å². The summed E-state index contributed by atoms with van der Waals surface area (Å²) in [5, 5.41) is 18.0. The number of carbonyl (C=O) groups excluding carboxylic acids is 1. The number of carboxylic acid groups (broad SMARTS) is 1. The highest BCUT2D eigenvalue weighted by Gasteiger charge is 2.30. The van der Waals surface area contributed by atoms with Crippen molar-refractivity contribution in [1.82, 2.24) is 4.90 Å². The predicted octanol–water partition coefficient (Wildman–Crippen LogP) is 1.39. The molecule has 110 valence electrons. The second kappa shape index (κ2) is 6.27. The molecule has 1 fully saturated rings. The van der Waals surface area contributed by atoms with Gasteiger partial charge in [-0.25, -0.2) is 0 Å². The monoisotopic (exact) mass is 288 g/mol. The molecule has 1 amide bonds. The van der Waals surface area contributed by atoms with E-state index in [0.29, 0.717) is 23.3 Å². The van der Waals surface area contributed by atoms with E-state index in [1.54, 1.807) is 18.2 Å². The molecular formula is C15H16N2O4. The summed E-state index contributed by atoms with van der Waals surface area (Å²) in [5.41, 5.74) is 1.18. The van der Waals surface area contributed by atoms with Crippen molar-refractivity contribution in [1.29, 1.82) is 5.26 Å². The van der Waals surface area contributed by atoms with Crippen molar-refractivity contribution in [2.45, 2.75) is 19.4 Å². The number of hydrogen-bond acceptors (Lipinski definition) is 4. The third-order valence-corrected chi connectivity index (χ3v) is 3.62. The van der Waals surface area contributed by atoms with Crippen LogP contribution in [0.2, 0.25) is 0 Å². The van der Waals surface area contributed by atoms with E-state index >= 15 is 0 Å². The number of carbonyl (C=O) groups is 2. The Morgan fingerprint density at radius 1 is 1.57 bits per heavy atom. The van der Waals surface area contributed by atoms with Gasteiger partial charge >= 0.3 is 5.97 Å². The molecule has 1 unspecified atom stereocenters. The van der Waals surface area contributed by atoms with Gasteiger partial charge in [0.1, 0.15) is 5.75 Å². The van der Waals surface area contributed by atoms with Gasteiger partial charge in [-0.1, -0.05) is 0 Å².